The van der Waals surface area contributed by atoms with Crippen molar-refractivity contribution in [3.05, 3.63) is 29.3 Å². The van der Waals surface area contributed by atoms with E-state index < -0.39 is 39.6 Å². The molecule has 0 saturated heterocycles. The van der Waals surface area contributed by atoms with E-state index in [1.165, 1.54) is 31.2 Å². The van der Waals surface area contributed by atoms with Gasteiger partial charge in [-0.05, 0) is 45.9 Å². The Kier molecular flexibility index (Phi) is 8.40. The Hall–Kier alpha value is -2.17. The summed E-state index contributed by atoms with van der Waals surface area (Å²) in [7, 11) is -3.83. The summed E-state index contributed by atoms with van der Waals surface area (Å²) in [6, 6.07) is 4.95. The van der Waals surface area contributed by atoms with Crippen molar-refractivity contribution in [2.75, 3.05) is 6.54 Å². The molecule has 0 fully saturated rings. The third-order valence-corrected chi connectivity index (χ3v) is 4.82. The molecule has 1 aromatic carbocycles. The molecule has 156 valence electrons. The summed E-state index contributed by atoms with van der Waals surface area (Å²) in [6.45, 7) is 6.29. The van der Waals surface area contributed by atoms with Crippen LogP contribution < -0.4 is 15.4 Å². The van der Waals surface area contributed by atoms with E-state index in [1.807, 2.05) is 0 Å². The van der Waals surface area contributed by atoms with Crippen LogP contribution in [-0.2, 0) is 24.3 Å². The second-order valence-electron chi connectivity index (χ2n) is 6.93. The lowest BCUT2D eigenvalue weighted by Crippen LogP contribution is -2.50. The first kappa shape index (κ1) is 23.9. The minimum atomic E-state index is -3.83. The average molecular weight is 434 g/mol. The van der Waals surface area contributed by atoms with Crippen molar-refractivity contribution < 1.29 is 27.5 Å². The molecule has 0 aliphatic carbocycles. The maximum atomic E-state index is 12.1. The molecule has 1 atom stereocenters. The molecule has 28 heavy (non-hydrogen) atoms. The second-order valence-corrected chi connectivity index (χ2v) is 9.13. The zero-order chi connectivity index (χ0) is 21.5. The molecule has 1 aromatic rings. The van der Waals surface area contributed by atoms with Gasteiger partial charge in [0.15, 0.2) is 6.10 Å². The zero-order valence-corrected chi connectivity index (χ0v) is 17.6. The van der Waals surface area contributed by atoms with E-state index in [2.05, 4.69) is 15.4 Å². The van der Waals surface area contributed by atoms with Gasteiger partial charge in [0.1, 0.15) is 0 Å². The van der Waals surface area contributed by atoms with Gasteiger partial charge in [-0.25, -0.2) is 17.9 Å². The number of rotatable bonds is 7. The van der Waals surface area contributed by atoms with Crippen LogP contribution in [0.4, 0.5) is 4.79 Å². The fraction of sp³-hybridized carbons (Fsp3) is 0.471. The van der Waals surface area contributed by atoms with E-state index in [9.17, 15) is 22.8 Å². The summed E-state index contributed by atoms with van der Waals surface area (Å²) in [5.74, 6) is -1.60. The van der Waals surface area contributed by atoms with E-state index in [-0.39, 0.29) is 22.9 Å². The lowest BCUT2D eigenvalue weighted by atomic mass is 10.1. The van der Waals surface area contributed by atoms with Gasteiger partial charge in [0.25, 0.3) is 5.91 Å². The number of amides is 3. The van der Waals surface area contributed by atoms with Crippen LogP contribution in [0.3, 0.4) is 0 Å². The van der Waals surface area contributed by atoms with E-state index in [4.69, 9.17) is 16.3 Å². The summed E-state index contributed by atoms with van der Waals surface area (Å²) >= 11 is 5.76. The Morgan fingerprint density at radius 3 is 2.43 bits per heavy atom. The monoisotopic (exact) mass is 433 g/mol. The Morgan fingerprint density at radius 1 is 1.21 bits per heavy atom. The lowest BCUT2D eigenvalue weighted by molar-refractivity contribution is -0.154. The molecule has 0 aliphatic rings. The van der Waals surface area contributed by atoms with Crippen molar-refractivity contribution >= 4 is 39.5 Å². The van der Waals surface area contributed by atoms with Crippen LogP contribution in [-0.4, -0.2) is 44.5 Å². The predicted octanol–water partition coefficient (Wildman–Crippen LogP) is 1.56. The SMILES string of the molecule is CC(OC(=O)CCNS(=O)(=O)c1cccc(Cl)c1)C(=O)NC(=O)NC(C)(C)C. The summed E-state index contributed by atoms with van der Waals surface area (Å²) in [4.78, 5) is 35.2. The fourth-order valence-corrected chi connectivity index (χ4v) is 3.23. The molecule has 9 nitrogen and oxygen atoms in total. The van der Waals surface area contributed by atoms with Crippen LogP contribution in [0.1, 0.15) is 34.1 Å². The molecule has 0 bridgehead atoms. The molecular weight excluding hydrogens is 410 g/mol. The molecule has 3 amide bonds. The highest BCUT2D eigenvalue weighted by Crippen LogP contribution is 2.15. The summed E-state index contributed by atoms with van der Waals surface area (Å²) in [5.41, 5.74) is -0.537. The molecule has 1 rings (SSSR count). The second kappa shape index (κ2) is 9.85. The van der Waals surface area contributed by atoms with Crippen LogP contribution in [0.15, 0.2) is 29.2 Å². The van der Waals surface area contributed by atoms with Gasteiger partial charge in [-0.15, -0.1) is 0 Å². The Labute approximate surface area is 169 Å². The van der Waals surface area contributed by atoms with Crippen molar-refractivity contribution in [1.29, 1.82) is 0 Å². The van der Waals surface area contributed by atoms with Gasteiger partial charge in [0.2, 0.25) is 10.0 Å². The number of hydrogen-bond acceptors (Lipinski definition) is 6. The smallest absolute Gasteiger partial charge is 0.321 e. The van der Waals surface area contributed by atoms with Crippen molar-refractivity contribution in [3.63, 3.8) is 0 Å². The lowest BCUT2D eigenvalue weighted by Gasteiger charge is -2.21. The van der Waals surface area contributed by atoms with Crippen molar-refractivity contribution in [2.24, 2.45) is 0 Å². The van der Waals surface area contributed by atoms with Gasteiger partial charge in [-0.1, -0.05) is 17.7 Å². The van der Waals surface area contributed by atoms with E-state index in [1.54, 1.807) is 20.8 Å². The Balaban J connectivity index is 2.45. The number of benzene rings is 1. The number of esters is 1. The fourth-order valence-electron chi connectivity index (χ4n) is 1.90. The number of sulfonamides is 1. The van der Waals surface area contributed by atoms with E-state index in [0.717, 1.165) is 0 Å². The normalized spacial score (nSPS) is 12.8. The van der Waals surface area contributed by atoms with Crippen molar-refractivity contribution in [1.82, 2.24) is 15.4 Å². The Morgan fingerprint density at radius 2 is 1.86 bits per heavy atom. The predicted molar refractivity (Wildman–Crippen MR) is 103 cm³/mol. The molecule has 11 heteroatoms. The van der Waals surface area contributed by atoms with E-state index in [0.29, 0.717) is 0 Å². The van der Waals surface area contributed by atoms with E-state index >= 15 is 0 Å². The summed E-state index contributed by atoms with van der Waals surface area (Å²) in [6.07, 6.45) is -1.52. The third-order valence-electron chi connectivity index (χ3n) is 3.13. The number of urea groups is 1. The highest BCUT2D eigenvalue weighted by molar-refractivity contribution is 7.89. The quantitative estimate of drug-likeness (QED) is 0.559. The molecule has 0 aromatic heterocycles. The first-order valence-electron chi connectivity index (χ1n) is 8.38. The van der Waals surface area contributed by atoms with Crippen molar-refractivity contribution in [2.45, 2.75) is 50.7 Å². The standard InChI is InChI=1S/C17H24ClN3O6S/c1-11(15(23)20-16(24)21-17(2,3)4)27-14(22)8-9-19-28(25,26)13-7-5-6-12(18)10-13/h5-7,10-11,19H,8-9H2,1-4H3,(H2,20,21,23,24). The summed E-state index contributed by atoms with van der Waals surface area (Å²) < 4.78 is 31.3. The first-order chi connectivity index (χ1) is 12.8. The molecule has 1 unspecified atom stereocenters. The van der Waals surface area contributed by atoms with Gasteiger partial charge >= 0.3 is 12.0 Å². The summed E-state index contributed by atoms with van der Waals surface area (Å²) in [5, 5.41) is 4.85. The van der Waals surface area contributed by atoms with Gasteiger partial charge in [-0.3, -0.25) is 14.9 Å². The van der Waals surface area contributed by atoms with Crippen molar-refractivity contribution in [3.8, 4) is 0 Å². The number of carbonyl (C=O) groups is 3. The Bertz CT molecular complexity index is 836. The maximum absolute atomic E-state index is 12.1. The number of ether oxygens (including phenoxy) is 1. The molecule has 0 saturated carbocycles. The van der Waals surface area contributed by atoms with Crippen LogP contribution in [0, 0.1) is 0 Å². The largest absolute Gasteiger partial charge is 0.452 e. The first-order valence-corrected chi connectivity index (χ1v) is 10.2. The van der Waals surface area contributed by atoms with Gasteiger partial charge in [0.05, 0.1) is 11.3 Å². The van der Waals surface area contributed by atoms with Crippen LogP contribution >= 0.6 is 11.6 Å². The van der Waals surface area contributed by atoms with Gasteiger partial charge < -0.3 is 10.1 Å². The molecule has 0 radical (unpaired) electrons. The van der Waals surface area contributed by atoms with Gasteiger partial charge in [0, 0.05) is 17.1 Å². The number of hydrogen-bond donors (Lipinski definition) is 3. The highest BCUT2D eigenvalue weighted by atomic mass is 35.5. The van der Waals surface area contributed by atoms with Gasteiger partial charge in [-0.2, -0.15) is 0 Å². The zero-order valence-electron chi connectivity index (χ0n) is 16.0. The topological polar surface area (TPSA) is 131 Å². The van der Waals surface area contributed by atoms with Crippen LogP contribution in [0.5, 0.6) is 0 Å². The highest BCUT2D eigenvalue weighted by Gasteiger charge is 2.22. The molecule has 0 aliphatic heterocycles. The number of carbonyl (C=O) groups excluding carboxylic acids is 3. The molecule has 0 spiro atoms. The molecular formula is C17H24ClN3O6S. The third kappa shape index (κ3) is 8.68. The number of halogens is 1. The maximum Gasteiger partial charge on any atom is 0.321 e. The number of imide groups is 1. The molecule has 0 heterocycles. The average Bonchev–Trinajstić information content (AvgIpc) is 2.52. The number of nitrogens with one attached hydrogen (secondary N) is 3. The minimum absolute atomic E-state index is 0.0361. The van der Waals surface area contributed by atoms with Crippen LogP contribution in [0.2, 0.25) is 5.02 Å². The molecule has 3 N–H and O–H groups in total. The van der Waals surface area contributed by atoms with Crippen LogP contribution in [0.25, 0.3) is 0 Å². The minimum Gasteiger partial charge on any atom is -0.452 e.